The maximum absolute atomic E-state index is 12.7. The SMILES string of the molecule is NC(=O)Nc1ccc(O)cc1N1C[C@H](NC2CCN(C(=O)c3ccc(Cl)cc3)CC2)[C@@H](O)C1.O=C(O)C(F)(F)F. The Kier molecular flexibility index (Phi) is 10.1. The average molecular weight is 588 g/mol. The van der Waals surface area contributed by atoms with E-state index >= 15 is 0 Å². The van der Waals surface area contributed by atoms with Gasteiger partial charge in [0.25, 0.3) is 5.91 Å². The standard InChI is InChI=1S/C23H28ClN5O4.C2HF3O2/c24-15-3-1-14(2-4-15)22(32)28-9-7-16(8-10-28)26-19-12-29(13-21(19)31)20-11-17(30)5-6-18(20)27-23(25)33;3-2(4,5)1(6)7/h1-6,11,16,19,21,26,30-31H,7-10,12-13H2,(H3,25,27,33);(H,6,7)/t19-,21-;/m0./s1. The van der Waals surface area contributed by atoms with Gasteiger partial charge in [-0.25, -0.2) is 9.59 Å². The number of aromatic hydroxyl groups is 1. The fourth-order valence-corrected chi connectivity index (χ4v) is 4.62. The zero-order valence-corrected chi connectivity index (χ0v) is 21.8. The number of carboxylic acid groups (broad SMARTS) is 1. The molecule has 2 atom stereocenters. The van der Waals surface area contributed by atoms with Gasteiger partial charge in [-0.15, -0.1) is 0 Å². The van der Waals surface area contributed by atoms with E-state index in [9.17, 15) is 33.0 Å². The van der Waals surface area contributed by atoms with Crippen molar-refractivity contribution < 1.29 is 42.9 Å². The maximum atomic E-state index is 12.7. The second-order valence-corrected chi connectivity index (χ2v) is 9.75. The highest BCUT2D eigenvalue weighted by Gasteiger charge is 2.38. The summed E-state index contributed by atoms with van der Waals surface area (Å²) in [7, 11) is 0. The van der Waals surface area contributed by atoms with E-state index in [1.54, 1.807) is 36.4 Å². The van der Waals surface area contributed by atoms with Gasteiger partial charge in [0.1, 0.15) is 5.75 Å². The largest absolute Gasteiger partial charge is 0.508 e. The molecule has 4 rings (SSSR count). The van der Waals surface area contributed by atoms with E-state index in [0.717, 1.165) is 12.8 Å². The van der Waals surface area contributed by atoms with Crippen LogP contribution >= 0.6 is 11.6 Å². The maximum Gasteiger partial charge on any atom is 0.490 e. The number of β-amino-alcohol motifs (C(OH)–C–C–N with tert-alkyl or cyclic N) is 1. The molecule has 0 unspecified atom stereocenters. The Morgan fingerprint density at radius 2 is 1.62 bits per heavy atom. The number of amides is 3. The fraction of sp³-hybridized carbons (Fsp3) is 0.400. The number of likely N-dealkylation sites (tertiary alicyclic amines) is 1. The van der Waals surface area contributed by atoms with Crippen LogP contribution in [0.25, 0.3) is 0 Å². The van der Waals surface area contributed by atoms with Crippen molar-refractivity contribution in [2.75, 3.05) is 36.4 Å². The van der Waals surface area contributed by atoms with Gasteiger partial charge in [0.2, 0.25) is 0 Å². The number of primary amides is 1. The summed E-state index contributed by atoms with van der Waals surface area (Å²) >= 11 is 5.91. The first-order valence-corrected chi connectivity index (χ1v) is 12.6. The predicted molar refractivity (Wildman–Crippen MR) is 141 cm³/mol. The van der Waals surface area contributed by atoms with Crippen LogP contribution in [-0.2, 0) is 4.79 Å². The number of phenols is 1. The Labute approximate surface area is 232 Å². The number of hydrogen-bond donors (Lipinski definition) is 6. The second-order valence-electron chi connectivity index (χ2n) is 9.31. The summed E-state index contributed by atoms with van der Waals surface area (Å²) in [5.74, 6) is -2.70. The lowest BCUT2D eigenvalue weighted by Gasteiger charge is -2.34. The molecule has 2 aromatic rings. The van der Waals surface area contributed by atoms with Gasteiger partial charge in [0.05, 0.1) is 23.5 Å². The molecule has 2 aliphatic heterocycles. The molecule has 0 spiro atoms. The Morgan fingerprint density at radius 1 is 1.02 bits per heavy atom. The number of carboxylic acids is 1. The van der Waals surface area contributed by atoms with Gasteiger partial charge >= 0.3 is 18.2 Å². The Bertz CT molecular complexity index is 1210. The molecule has 2 aromatic carbocycles. The van der Waals surface area contributed by atoms with Crippen molar-refractivity contribution in [3.05, 3.63) is 53.1 Å². The number of nitrogens with zero attached hydrogens (tertiary/aromatic N) is 2. The molecule has 0 aromatic heterocycles. The van der Waals surface area contributed by atoms with Crippen LogP contribution in [0.15, 0.2) is 42.5 Å². The lowest BCUT2D eigenvalue weighted by Crippen LogP contribution is -2.50. The van der Waals surface area contributed by atoms with Gasteiger partial charge in [0.15, 0.2) is 0 Å². The van der Waals surface area contributed by atoms with E-state index < -0.39 is 24.3 Å². The molecule has 40 heavy (non-hydrogen) atoms. The van der Waals surface area contributed by atoms with Crippen molar-refractivity contribution >= 4 is 40.9 Å². The summed E-state index contributed by atoms with van der Waals surface area (Å²) in [5, 5.41) is 34.4. The van der Waals surface area contributed by atoms with Gasteiger partial charge in [0, 0.05) is 48.9 Å². The first-order valence-electron chi connectivity index (χ1n) is 12.2. The number of nitrogens with two attached hydrogens (primary N) is 1. The third-order valence-corrected chi connectivity index (χ3v) is 6.69. The van der Waals surface area contributed by atoms with E-state index in [1.165, 1.54) is 6.07 Å². The summed E-state index contributed by atoms with van der Waals surface area (Å²) in [4.78, 5) is 36.7. The minimum atomic E-state index is -5.08. The van der Waals surface area contributed by atoms with Gasteiger partial charge in [-0.05, 0) is 49.2 Å². The molecule has 7 N–H and O–H groups in total. The lowest BCUT2D eigenvalue weighted by molar-refractivity contribution is -0.192. The molecule has 2 heterocycles. The number of carbonyl (C=O) groups is 3. The van der Waals surface area contributed by atoms with Gasteiger partial charge in [-0.3, -0.25) is 4.79 Å². The number of halogens is 4. The van der Waals surface area contributed by atoms with Crippen LogP contribution in [0, 0.1) is 0 Å². The first-order chi connectivity index (χ1) is 18.7. The third kappa shape index (κ3) is 8.37. The van der Waals surface area contributed by atoms with Crippen molar-refractivity contribution in [3.63, 3.8) is 0 Å². The molecule has 15 heteroatoms. The number of alkyl halides is 3. The highest BCUT2D eigenvalue weighted by Crippen LogP contribution is 2.33. The highest BCUT2D eigenvalue weighted by molar-refractivity contribution is 6.30. The van der Waals surface area contributed by atoms with Crippen molar-refractivity contribution in [3.8, 4) is 5.75 Å². The van der Waals surface area contributed by atoms with E-state index in [4.69, 9.17) is 27.2 Å². The fourth-order valence-electron chi connectivity index (χ4n) is 4.49. The topological polar surface area (TPSA) is 168 Å². The molecule has 0 bridgehead atoms. The summed E-state index contributed by atoms with van der Waals surface area (Å²) in [5.41, 5.74) is 6.95. The Balaban J connectivity index is 0.000000559. The van der Waals surface area contributed by atoms with E-state index in [1.807, 2.05) is 9.80 Å². The zero-order valence-electron chi connectivity index (χ0n) is 21.1. The van der Waals surface area contributed by atoms with Crippen LogP contribution in [0.2, 0.25) is 5.02 Å². The number of anilines is 2. The van der Waals surface area contributed by atoms with Gasteiger partial charge in [-0.2, -0.15) is 13.2 Å². The zero-order chi connectivity index (χ0) is 29.6. The van der Waals surface area contributed by atoms with Gasteiger partial charge < -0.3 is 41.5 Å². The minimum Gasteiger partial charge on any atom is -0.508 e. The lowest BCUT2D eigenvalue weighted by atomic mass is 10.0. The minimum absolute atomic E-state index is 0.00411. The molecule has 2 aliphatic rings. The third-order valence-electron chi connectivity index (χ3n) is 6.43. The van der Waals surface area contributed by atoms with Crippen LogP contribution in [0.5, 0.6) is 5.75 Å². The van der Waals surface area contributed by atoms with E-state index in [0.29, 0.717) is 48.1 Å². The molecule has 2 fully saturated rings. The number of nitrogens with one attached hydrogen (secondary N) is 2. The number of aliphatic hydroxyl groups excluding tert-OH is 1. The number of benzene rings is 2. The molecule has 11 nitrogen and oxygen atoms in total. The van der Waals surface area contributed by atoms with Gasteiger partial charge in [-0.1, -0.05) is 11.6 Å². The molecule has 2 saturated heterocycles. The summed E-state index contributed by atoms with van der Waals surface area (Å²) in [6.07, 6.45) is -4.14. The number of urea groups is 1. The van der Waals surface area contributed by atoms with Crippen LogP contribution < -0.4 is 21.3 Å². The molecule has 218 valence electrons. The smallest absolute Gasteiger partial charge is 0.490 e. The van der Waals surface area contributed by atoms with E-state index in [2.05, 4.69) is 10.6 Å². The molecule has 3 amide bonds. The second kappa shape index (κ2) is 13.1. The van der Waals surface area contributed by atoms with Crippen molar-refractivity contribution in [2.24, 2.45) is 5.73 Å². The quantitative estimate of drug-likeness (QED) is 0.290. The van der Waals surface area contributed by atoms with Crippen molar-refractivity contribution in [1.29, 1.82) is 0 Å². The van der Waals surface area contributed by atoms with E-state index in [-0.39, 0.29) is 23.7 Å². The molecular weight excluding hydrogens is 559 g/mol. The van der Waals surface area contributed by atoms with Crippen molar-refractivity contribution in [2.45, 2.75) is 37.2 Å². The van der Waals surface area contributed by atoms with Crippen LogP contribution in [0.1, 0.15) is 23.2 Å². The predicted octanol–water partition coefficient (Wildman–Crippen LogP) is 2.61. The number of phenolic OH excluding ortho intramolecular Hbond substituents is 1. The number of aliphatic hydroxyl groups is 1. The molecule has 0 radical (unpaired) electrons. The summed E-state index contributed by atoms with van der Waals surface area (Å²) < 4.78 is 31.7. The van der Waals surface area contributed by atoms with Crippen LogP contribution in [0.3, 0.4) is 0 Å². The normalized spacial score (nSPS) is 19.5. The van der Waals surface area contributed by atoms with Crippen molar-refractivity contribution in [1.82, 2.24) is 10.2 Å². The van der Waals surface area contributed by atoms with Crippen LogP contribution in [-0.4, -0.2) is 88.7 Å². The molecule has 0 saturated carbocycles. The molecule has 0 aliphatic carbocycles. The number of hydrogen-bond acceptors (Lipinski definition) is 7. The first kappa shape index (κ1) is 30.8. The Hall–Kier alpha value is -3.75. The summed E-state index contributed by atoms with van der Waals surface area (Å²) in [6.45, 7) is 2.11. The number of aliphatic carboxylic acids is 1. The molecular formula is C25H29ClF3N5O6. The monoisotopic (exact) mass is 587 g/mol. The Morgan fingerprint density at radius 3 is 2.17 bits per heavy atom. The number of carbonyl (C=O) groups excluding carboxylic acids is 2. The average Bonchev–Trinajstić information content (AvgIpc) is 3.25. The highest BCUT2D eigenvalue weighted by atomic mass is 35.5. The summed E-state index contributed by atoms with van der Waals surface area (Å²) in [6, 6.07) is 10.8. The number of rotatable bonds is 5. The number of piperidine rings is 1. The van der Waals surface area contributed by atoms with Crippen LogP contribution in [0.4, 0.5) is 29.3 Å².